The number of benzene rings is 1. The van der Waals surface area contributed by atoms with Gasteiger partial charge in [0.1, 0.15) is 0 Å². The molecule has 1 aromatic carbocycles. The molecule has 0 saturated carbocycles. The lowest BCUT2D eigenvalue weighted by molar-refractivity contribution is 0.0912. The van der Waals surface area contributed by atoms with Gasteiger partial charge in [-0.25, -0.2) is 4.98 Å². The zero-order chi connectivity index (χ0) is 16.9. The molecule has 4 nitrogen and oxygen atoms in total. The minimum atomic E-state index is 0. The molecule has 0 bridgehead atoms. The molecule has 1 saturated heterocycles. The van der Waals surface area contributed by atoms with Crippen LogP contribution in [0.3, 0.4) is 0 Å². The number of carbonyl (C=O) groups is 1. The fourth-order valence-corrected chi connectivity index (χ4v) is 4.50. The van der Waals surface area contributed by atoms with Gasteiger partial charge in [0.05, 0.1) is 16.3 Å². The molecule has 1 aromatic heterocycles. The summed E-state index contributed by atoms with van der Waals surface area (Å²) in [5, 5.41) is 9.72. The Bertz CT molecular complexity index is 711. The molecule has 0 radical (unpaired) electrons. The van der Waals surface area contributed by atoms with E-state index in [9.17, 15) is 4.79 Å². The van der Waals surface area contributed by atoms with E-state index in [2.05, 4.69) is 27.9 Å². The Morgan fingerprint density at radius 2 is 2.15 bits per heavy atom. The van der Waals surface area contributed by atoms with Crippen LogP contribution in [0.2, 0.25) is 0 Å². The zero-order valence-electron chi connectivity index (χ0n) is 14.9. The molecule has 26 heavy (non-hydrogen) atoms. The Kier molecular flexibility index (Phi) is 9.97. The molecular formula is C18H25Cl2N3OS2. The third-order valence-electron chi connectivity index (χ3n) is 4.32. The highest BCUT2D eigenvalue weighted by atomic mass is 35.5. The first kappa shape index (κ1) is 23.2. The number of nitrogens with one attached hydrogen (secondary N) is 2. The van der Waals surface area contributed by atoms with Crippen LogP contribution in [0.15, 0.2) is 34.5 Å². The van der Waals surface area contributed by atoms with Crippen LogP contribution in [0.25, 0.3) is 0 Å². The Hall–Kier alpha value is -0.790. The van der Waals surface area contributed by atoms with Crippen molar-refractivity contribution in [2.45, 2.75) is 37.0 Å². The minimum absolute atomic E-state index is 0. The van der Waals surface area contributed by atoms with Crippen LogP contribution in [0.1, 0.15) is 34.4 Å². The van der Waals surface area contributed by atoms with Gasteiger partial charge in [-0.1, -0.05) is 19.1 Å². The molecule has 2 heterocycles. The summed E-state index contributed by atoms with van der Waals surface area (Å²) >= 11 is 3.34. The molecule has 0 aliphatic carbocycles. The van der Waals surface area contributed by atoms with Gasteiger partial charge in [-0.15, -0.1) is 47.9 Å². The number of hydrogen-bond donors (Lipinski definition) is 2. The molecule has 144 valence electrons. The number of aromatic nitrogens is 1. The summed E-state index contributed by atoms with van der Waals surface area (Å²) in [5.41, 5.74) is 1.83. The summed E-state index contributed by atoms with van der Waals surface area (Å²) in [6.45, 7) is 6.10. The number of thioether (sulfide) groups is 1. The monoisotopic (exact) mass is 433 g/mol. The van der Waals surface area contributed by atoms with E-state index < -0.39 is 0 Å². The van der Waals surface area contributed by atoms with Gasteiger partial charge >= 0.3 is 0 Å². The minimum Gasteiger partial charge on any atom is -0.348 e. The first-order valence-corrected chi connectivity index (χ1v) is 10.1. The summed E-state index contributed by atoms with van der Waals surface area (Å²) in [6, 6.07) is 8.03. The van der Waals surface area contributed by atoms with E-state index in [1.165, 1.54) is 0 Å². The standard InChI is InChI=1S/C18H23N3OS2.2ClH/c1-12-7-8-19-9-16(12)21-18(22)15-5-3-4-6-17(15)24-11-14-10-23-13(2)20-14;;/h3-6,10,12,16,19H,7-9,11H2,1-2H3,(H,21,22);2*1H. The van der Waals surface area contributed by atoms with Gasteiger partial charge in [-0.3, -0.25) is 4.79 Å². The topological polar surface area (TPSA) is 54.0 Å². The van der Waals surface area contributed by atoms with E-state index in [-0.39, 0.29) is 36.8 Å². The van der Waals surface area contributed by atoms with E-state index in [1.54, 1.807) is 23.1 Å². The summed E-state index contributed by atoms with van der Waals surface area (Å²) in [6.07, 6.45) is 1.10. The Balaban J connectivity index is 0.00000169. The van der Waals surface area contributed by atoms with Gasteiger partial charge in [-0.05, 0) is 37.9 Å². The van der Waals surface area contributed by atoms with E-state index >= 15 is 0 Å². The molecule has 1 aliphatic rings. The Morgan fingerprint density at radius 1 is 1.38 bits per heavy atom. The summed E-state index contributed by atoms with van der Waals surface area (Å²) in [4.78, 5) is 18.2. The van der Waals surface area contributed by atoms with Crippen molar-refractivity contribution in [3.8, 4) is 0 Å². The SMILES string of the molecule is Cc1nc(CSc2ccccc2C(=O)NC2CNCCC2C)cs1.Cl.Cl. The molecule has 0 spiro atoms. The van der Waals surface area contributed by atoms with Crippen molar-refractivity contribution in [3.63, 3.8) is 0 Å². The van der Waals surface area contributed by atoms with Crippen molar-refractivity contribution >= 4 is 53.8 Å². The maximum absolute atomic E-state index is 12.7. The average Bonchev–Trinajstić information content (AvgIpc) is 3.01. The third-order valence-corrected chi connectivity index (χ3v) is 6.25. The van der Waals surface area contributed by atoms with E-state index in [0.29, 0.717) is 5.92 Å². The molecule has 2 aromatic rings. The lowest BCUT2D eigenvalue weighted by Crippen LogP contribution is -2.50. The normalized spacial score (nSPS) is 19.2. The maximum atomic E-state index is 12.7. The third kappa shape index (κ3) is 6.13. The van der Waals surface area contributed by atoms with Crippen LogP contribution in [0.4, 0.5) is 0 Å². The van der Waals surface area contributed by atoms with Gasteiger partial charge in [0, 0.05) is 28.6 Å². The fraction of sp³-hybridized carbons (Fsp3) is 0.444. The predicted octanol–water partition coefficient (Wildman–Crippen LogP) is 4.32. The van der Waals surface area contributed by atoms with Crippen molar-refractivity contribution in [2.24, 2.45) is 5.92 Å². The summed E-state index contributed by atoms with van der Waals surface area (Å²) in [7, 11) is 0. The number of nitrogens with zero attached hydrogens (tertiary/aromatic N) is 1. The Labute approximate surface area is 175 Å². The van der Waals surface area contributed by atoms with E-state index in [0.717, 1.165) is 46.4 Å². The van der Waals surface area contributed by atoms with Crippen molar-refractivity contribution in [1.82, 2.24) is 15.6 Å². The molecule has 1 amide bonds. The van der Waals surface area contributed by atoms with Crippen LogP contribution in [-0.4, -0.2) is 30.0 Å². The number of amides is 1. The first-order valence-electron chi connectivity index (χ1n) is 8.28. The van der Waals surface area contributed by atoms with Gasteiger partial charge < -0.3 is 10.6 Å². The zero-order valence-corrected chi connectivity index (χ0v) is 18.1. The van der Waals surface area contributed by atoms with Crippen LogP contribution in [-0.2, 0) is 5.75 Å². The van der Waals surface area contributed by atoms with Crippen molar-refractivity contribution in [3.05, 3.63) is 45.9 Å². The number of halogens is 2. The van der Waals surface area contributed by atoms with Crippen LogP contribution < -0.4 is 10.6 Å². The number of carbonyl (C=O) groups excluding carboxylic acids is 1. The highest BCUT2D eigenvalue weighted by molar-refractivity contribution is 7.98. The number of aryl methyl sites for hydroxylation is 1. The second-order valence-electron chi connectivity index (χ2n) is 6.19. The lowest BCUT2D eigenvalue weighted by Gasteiger charge is -2.30. The van der Waals surface area contributed by atoms with Crippen LogP contribution in [0.5, 0.6) is 0 Å². The first-order chi connectivity index (χ1) is 11.6. The smallest absolute Gasteiger partial charge is 0.252 e. The van der Waals surface area contributed by atoms with Crippen molar-refractivity contribution < 1.29 is 4.79 Å². The van der Waals surface area contributed by atoms with E-state index in [4.69, 9.17) is 0 Å². The quantitative estimate of drug-likeness (QED) is 0.689. The molecule has 2 unspecified atom stereocenters. The van der Waals surface area contributed by atoms with E-state index in [1.807, 2.05) is 31.2 Å². The number of thiazole rings is 1. The molecule has 1 aliphatic heterocycles. The Morgan fingerprint density at radius 3 is 2.85 bits per heavy atom. The van der Waals surface area contributed by atoms with Gasteiger partial charge in [0.2, 0.25) is 0 Å². The largest absolute Gasteiger partial charge is 0.348 e. The molecule has 3 rings (SSSR count). The lowest BCUT2D eigenvalue weighted by atomic mass is 9.94. The summed E-state index contributed by atoms with van der Waals surface area (Å²) < 4.78 is 0. The fourth-order valence-electron chi connectivity index (χ4n) is 2.84. The molecule has 8 heteroatoms. The van der Waals surface area contributed by atoms with Gasteiger partial charge in [0.15, 0.2) is 0 Å². The number of piperidine rings is 1. The van der Waals surface area contributed by atoms with Crippen LogP contribution in [0, 0.1) is 12.8 Å². The molecular weight excluding hydrogens is 409 g/mol. The van der Waals surface area contributed by atoms with Gasteiger partial charge in [-0.2, -0.15) is 0 Å². The predicted molar refractivity (Wildman–Crippen MR) is 115 cm³/mol. The second-order valence-corrected chi connectivity index (χ2v) is 8.27. The van der Waals surface area contributed by atoms with Crippen molar-refractivity contribution in [1.29, 1.82) is 0 Å². The average molecular weight is 434 g/mol. The maximum Gasteiger partial charge on any atom is 0.252 e. The van der Waals surface area contributed by atoms with Crippen molar-refractivity contribution in [2.75, 3.05) is 13.1 Å². The molecule has 1 fully saturated rings. The van der Waals surface area contributed by atoms with Crippen LogP contribution >= 0.6 is 47.9 Å². The second kappa shape index (κ2) is 11.1. The highest BCUT2D eigenvalue weighted by Gasteiger charge is 2.24. The highest BCUT2D eigenvalue weighted by Crippen LogP contribution is 2.27. The molecule has 2 atom stereocenters. The number of rotatable bonds is 5. The number of hydrogen-bond acceptors (Lipinski definition) is 5. The molecule has 2 N–H and O–H groups in total. The van der Waals surface area contributed by atoms with Gasteiger partial charge in [0.25, 0.3) is 5.91 Å². The summed E-state index contributed by atoms with van der Waals surface area (Å²) in [5.74, 6) is 1.32.